The lowest BCUT2D eigenvalue weighted by Gasteiger charge is -2.24. The van der Waals surface area contributed by atoms with E-state index in [0.717, 1.165) is 21.9 Å². The molecule has 210 valence electrons. The molecule has 3 aromatic rings. The Morgan fingerprint density at radius 2 is 1.70 bits per heavy atom. The number of aliphatic hydroxyl groups is 1. The van der Waals surface area contributed by atoms with Crippen LogP contribution in [0.5, 0.6) is 5.75 Å². The van der Waals surface area contributed by atoms with Crippen LogP contribution in [0.3, 0.4) is 0 Å². The maximum atomic E-state index is 13.4. The van der Waals surface area contributed by atoms with Gasteiger partial charge < -0.3 is 24.3 Å². The van der Waals surface area contributed by atoms with E-state index < -0.39 is 23.8 Å². The molecule has 0 saturated heterocycles. The summed E-state index contributed by atoms with van der Waals surface area (Å²) in [6.07, 6.45) is 0.379. The fourth-order valence-electron chi connectivity index (χ4n) is 4.75. The molecule has 0 atom stereocenters. The highest BCUT2D eigenvalue weighted by molar-refractivity contribution is 6.41. The molecule has 40 heavy (non-hydrogen) atoms. The van der Waals surface area contributed by atoms with E-state index in [-0.39, 0.29) is 19.6 Å². The molecule has 1 aliphatic rings. The van der Waals surface area contributed by atoms with Gasteiger partial charge in [-0.1, -0.05) is 18.2 Å². The first kappa shape index (κ1) is 28.6. The summed E-state index contributed by atoms with van der Waals surface area (Å²) in [5.74, 6) is -0.121. The molecule has 0 aliphatic carbocycles. The molecule has 0 saturated carbocycles. The number of hydrogen-bond acceptors (Lipinski definition) is 7. The third-order valence-electron chi connectivity index (χ3n) is 6.67. The number of aliphatic hydroxyl groups excluding tert-OH is 1. The molecule has 1 aliphatic heterocycles. The standard InChI is InChI=1S/C31H34N2O7/c1-18-13-21(4)32-25(18)16-24-23-9-7-8-10-26(23)33(28(24)35)29(36)38-17-22-14-19(2)27(20(3)15-22)39-30(37)40-31(5,6)11-12-34/h7-10,13-16,32,34H,11-12,17H2,1-6H3/b24-16-. The summed E-state index contributed by atoms with van der Waals surface area (Å²) in [5.41, 5.74) is 5.38. The minimum Gasteiger partial charge on any atom is -0.444 e. The van der Waals surface area contributed by atoms with Gasteiger partial charge in [0.15, 0.2) is 0 Å². The van der Waals surface area contributed by atoms with Crippen LogP contribution in [0.1, 0.15) is 59.5 Å². The number of ether oxygens (including phenoxy) is 3. The van der Waals surface area contributed by atoms with Gasteiger partial charge in [0.05, 0.1) is 11.3 Å². The van der Waals surface area contributed by atoms with Gasteiger partial charge in [0.1, 0.15) is 18.0 Å². The van der Waals surface area contributed by atoms with Crippen molar-refractivity contribution in [1.29, 1.82) is 0 Å². The first-order chi connectivity index (χ1) is 18.9. The van der Waals surface area contributed by atoms with Crippen LogP contribution >= 0.6 is 0 Å². The Balaban J connectivity index is 1.48. The van der Waals surface area contributed by atoms with Crippen molar-refractivity contribution in [3.8, 4) is 5.75 Å². The normalized spacial score (nSPS) is 13.9. The number of aryl methyl sites for hydroxylation is 4. The van der Waals surface area contributed by atoms with Gasteiger partial charge in [-0.25, -0.2) is 14.5 Å². The number of fused-ring (bicyclic) bond motifs is 1. The topological polar surface area (TPSA) is 118 Å². The summed E-state index contributed by atoms with van der Waals surface area (Å²) >= 11 is 0. The van der Waals surface area contributed by atoms with Crippen molar-refractivity contribution in [3.05, 3.63) is 81.7 Å². The van der Waals surface area contributed by atoms with E-state index in [9.17, 15) is 14.4 Å². The molecule has 0 bridgehead atoms. The zero-order chi connectivity index (χ0) is 29.2. The van der Waals surface area contributed by atoms with E-state index in [1.54, 1.807) is 64.1 Å². The SMILES string of the molecule is Cc1cc(C)c(/C=C2\C(=O)N(C(=O)OCc3cc(C)c(OC(=O)OC(C)(C)CCO)c(C)c3)c3ccccc32)[nH]1. The Labute approximate surface area is 233 Å². The maximum absolute atomic E-state index is 13.4. The predicted molar refractivity (Wildman–Crippen MR) is 151 cm³/mol. The summed E-state index contributed by atoms with van der Waals surface area (Å²) in [4.78, 5) is 43.2. The van der Waals surface area contributed by atoms with E-state index >= 15 is 0 Å². The minimum atomic E-state index is -0.873. The van der Waals surface area contributed by atoms with Crippen LogP contribution in [-0.4, -0.2) is 40.5 Å². The van der Waals surface area contributed by atoms with Crippen molar-refractivity contribution in [2.24, 2.45) is 0 Å². The molecule has 2 heterocycles. The number of carbonyl (C=O) groups excluding carboxylic acids is 3. The molecular formula is C31H34N2O7. The molecule has 4 rings (SSSR count). The number of carbonyl (C=O) groups is 3. The molecule has 0 spiro atoms. The predicted octanol–water partition coefficient (Wildman–Crippen LogP) is 6.15. The minimum absolute atomic E-state index is 0.0886. The molecule has 0 radical (unpaired) electrons. The van der Waals surface area contributed by atoms with Crippen molar-refractivity contribution in [2.75, 3.05) is 11.5 Å². The third kappa shape index (κ3) is 6.10. The molecule has 9 nitrogen and oxygen atoms in total. The number of aromatic amines is 1. The van der Waals surface area contributed by atoms with Gasteiger partial charge >= 0.3 is 12.2 Å². The fraction of sp³-hybridized carbons (Fsp3) is 0.323. The second-order valence-electron chi connectivity index (χ2n) is 10.6. The van der Waals surface area contributed by atoms with Gasteiger partial charge in [0.2, 0.25) is 0 Å². The van der Waals surface area contributed by atoms with Crippen molar-refractivity contribution < 1.29 is 33.7 Å². The van der Waals surface area contributed by atoms with Crippen molar-refractivity contribution in [1.82, 2.24) is 4.98 Å². The fourth-order valence-corrected chi connectivity index (χ4v) is 4.75. The average Bonchev–Trinajstić information content (AvgIpc) is 3.34. The number of rotatable bonds is 7. The number of benzene rings is 2. The summed E-state index contributed by atoms with van der Waals surface area (Å²) in [7, 11) is 0. The second kappa shape index (κ2) is 11.4. The van der Waals surface area contributed by atoms with Gasteiger partial charge in [-0.05, 0) is 94.1 Å². The van der Waals surface area contributed by atoms with Crippen LogP contribution in [0.15, 0.2) is 42.5 Å². The van der Waals surface area contributed by atoms with Crippen molar-refractivity contribution in [3.63, 3.8) is 0 Å². The zero-order valence-electron chi connectivity index (χ0n) is 23.6. The molecule has 2 amide bonds. The largest absolute Gasteiger partial charge is 0.514 e. The molecular weight excluding hydrogens is 512 g/mol. The van der Waals surface area contributed by atoms with Gasteiger partial charge in [0, 0.05) is 30.0 Å². The molecule has 9 heteroatoms. The Bertz CT molecular complexity index is 1480. The number of hydrogen-bond donors (Lipinski definition) is 2. The van der Waals surface area contributed by atoms with Crippen LogP contribution in [0.25, 0.3) is 11.6 Å². The van der Waals surface area contributed by atoms with Gasteiger partial charge in [-0.15, -0.1) is 0 Å². The van der Waals surface area contributed by atoms with Crippen LogP contribution in [0.2, 0.25) is 0 Å². The quantitative estimate of drug-likeness (QED) is 0.207. The lowest BCUT2D eigenvalue weighted by molar-refractivity contribution is -0.112. The van der Waals surface area contributed by atoms with Crippen LogP contribution in [0.4, 0.5) is 15.3 Å². The Morgan fingerprint density at radius 3 is 2.33 bits per heavy atom. The highest BCUT2D eigenvalue weighted by Gasteiger charge is 2.37. The summed E-state index contributed by atoms with van der Waals surface area (Å²) < 4.78 is 16.3. The molecule has 0 fully saturated rings. The highest BCUT2D eigenvalue weighted by Crippen LogP contribution is 2.38. The van der Waals surface area contributed by atoms with E-state index in [2.05, 4.69) is 4.98 Å². The van der Waals surface area contributed by atoms with E-state index in [0.29, 0.717) is 39.3 Å². The number of imide groups is 1. The first-order valence-electron chi connectivity index (χ1n) is 13.0. The number of anilines is 1. The van der Waals surface area contributed by atoms with Crippen molar-refractivity contribution >= 4 is 35.5 Å². The molecule has 1 aromatic heterocycles. The summed E-state index contributed by atoms with van der Waals surface area (Å²) in [5, 5.41) is 9.14. The van der Waals surface area contributed by atoms with Gasteiger partial charge in [0.25, 0.3) is 5.91 Å². The number of para-hydroxylation sites is 1. The number of H-pyrrole nitrogens is 1. The Kier molecular flexibility index (Phi) is 8.16. The van der Waals surface area contributed by atoms with Crippen LogP contribution in [-0.2, 0) is 20.9 Å². The lowest BCUT2D eigenvalue weighted by atomic mass is 10.1. The Hall–Kier alpha value is -4.37. The second-order valence-corrected chi connectivity index (χ2v) is 10.6. The number of nitrogens with zero attached hydrogens (tertiary/aromatic N) is 1. The summed E-state index contributed by atoms with van der Waals surface area (Å²) in [6.45, 7) is 10.6. The Morgan fingerprint density at radius 1 is 1.02 bits per heavy atom. The van der Waals surface area contributed by atoms with Crippen molar-refractivity contribution in [2.45, 2.75) is 60.2 Å². The van der Waals surface area contributed by atoms with E-state index in [1.807, 2.05) is 26.0 Å². The first-order valence-corrected chi connectivity index (χ1v) is 13.0. The molecule has 0 unspecified atom stereocenters. The maximum Gasteiger partial charge on any atom is 0.514 e. The van der Waals surface area contributed by atoms with E-state index in [1.165, 1.54) is 0 Å². The lowest BCUT2D eigenvalue weighted by Crippen LogP contribution is -2.33. The number of aromatic nitrogens is 1. The zero-order valence-corrected chi connectivity index (χ0v) is 23.6. The number of amides is 2. The van der Waals surface area contributed by atoms with Gasteiger partial charge in [-0.2, -0.15) is 0 Å². The van der Waals surface area contributed by atoms with Gasteiger partial charge in [-0.3, -0.25) is 4.79 Å². The van der Waals surface area contributed by atoms with E-state index in [4.69, 9.17) is 19.3 Å². The molecule has 2 N–H and O–H groups in total. The monoisotopic (exact) mass is 546 g/mol. The van der Waals surface area contributed by atoms with Crippen LogP contribution < -0.4 is 9.64 Å². The number of nitrogens with one attached hydrogen (secondary N) is 1. The third-order valence-corrected chi connectivity index (χ3v) is 6.67. The van der Waals surface area contributed by atoms with Crippen LogP contribution in [0, 0.1) is 27.7 Å². The highest BCUT2D eigenvalue weighted by atomic mass is 16.7. The average molecular weight is 547 g/mol. The summed E-state index contributed by atoms with van der Waals surface area (Å²) in [6, 6.07) is 12.6. The smallest absolute Gasteiger partial charge is 0.444 e. The molecule has 2 aromatic carbocycles.